The van der Waals surface area contributed by atoms with Gasteiger partial charge in [-0.05, 0) is 35.9 Å². The highest BCUT2D eigenvalue weighted by atomic mass is 35.5. The second-order valence-corrected chi connectivity index (χ2v) is 9.18. The average Bonchev–Trinajstić information content (AvgIpc) is 3.36. The molecule has 3 aromatic carbocycles. The van der Waals surface area contributed by atoms with Crippen LogP contribution in [0.1, 0.15) is 0 Å². The van der Waals surface area contributed by atoms with Crippen molar-refractivity contribution in [3.8, 4) is 11.1 Å². The number of thiophene rings is 1. The predicted molar refractivity (Wildman–Crippen MR) is 131 cm³/mol. The average molecular weight is 436 g/mol. The van der Waals surface area contributed by atoms with Crippen LogP contribution in [0, 0.1) is 0 Å². The normalized spacial score (nSPS) is 12.0. The van der Waals surface area contributed by atoms with E-state index in [-0.39, 0.29) is 0 Å². The largest absolute Gasteiger partial charge is 0.290 e. The summed E-state index contributed by atoms with van der Waals surface area (Å²) in [7, 11) is 0. The molecule has 146 valence electrons. The Hall–Kier alpha value is -3.47. The fourth-order valence-electron chi connectivity index (χ4n) is 4.45. The molecule has 0 atom stereocenters. The lowest BCUT2D eigenvalue weighted by Gasteiger charge is -2.06. The first kappa shape index (κ1) is 17.2. The number of hydrogen-bond donors (Lipinski definition) is 0. The summed E-state index contributed by atoms with van der Waals surface area (Å²) < 4.78 is 4.76. The Morgan fingerprint density at radius 3 is 2.45 bits per heavy atom. The van der Waals surface area contributed by atoms with Crippen LogP contribution in [-0.2, 0) is 0 Å². The first-order valence-electron chi connectivity index (χ1n) is 10.0. The number of para-hydroxylation sites is 1. The van der Waals surface area contributed by atoms with Gasteiger partial charge in [0.05, 0.1) is 16.1 Å². The number of nitrogens with zero attached hydrogens (tertiary/aromatic N) is 3. The minimum absolute atomic E-state index is 0.702. The van der Waals surface area contributed by atoms with E-state index in [1.807, 2.05) is 41.8 Å². The summed E-state index contributed by atoms with van der Waals surface area (Å²) in [4.78, 5) is 9.40. The summed E-state index contributed by atoms with van der Waals surface area (Å²) in [6, 6.07) is 27.5. The van der Waals surface area contributed by atoms with E-state index >= 15 is 0 Å². The number of benzene rings is 3. The minimum Gasteiger partial charge on any atom is -0.290 e. The number of aromatic nitrogens is 3. The van der Waals surface area contributed by atoms with Gasteiger partial charge < -0.3 is 0 Å². The van der Waals surface area contributed by atoms with Crippen molar-refractivity contribution in [3.05, 3.63) is 90.1 Å². The third-order valence-electron chi connectivity index (χ3n) is 5.91. The van der Waals surface area contributed by atoms with Gasteiger partial charge in [-0.3, -0.25) is 4.40 Å². The molecule has 0 amide bonds. The summed E-state index contributed by atoms with van der Waals surface area (Å²) >= 11 is 8.34. The van der Waals surface area contributed by atoms with Crippen LogP contribution in [0.4, 0.5) is 0 Å². The van der Waals surface area contributed by atoms with E-state index in [9.17, 15) is 0 Å². The molecule has 0 radical (unpaired) electrons. The monoisotopic (exact) mass is 435 g/mol. The van der Waals surface area contributed by atoms with Gasteiger partial charge in [-0.1, -0.05) is 54.1 Å². The molecule has 0 aliphatic carbocycles. The second kappa shape index (κ2) is 6.27. The Kier molecular flexibility index (Phi) is 3.48. The van der Waals surface area contributed by atoms with Crippen LogP contribution in [0.2, 0.25) is 5.02 Å². The van der Waals surface area contributed by atoms with Crippen molar-refractivity contribution in [2.45, 2.75) is 0 Å². The van der Waals surface area contributed by atoms with E-state index in [1.165, 1.54) is 20.2 Å². The zero-order valence-electron chi connectivity index (χ0n) is 16.2. The second-order valence-electron chi connectivity index (χ2n) is 7.69. The number of halogens is 1. The smallest absolute Gasteiger partial charge is 0.178 e. The van der Waals surface area contributed by atoms with Gasteiger partial charge in [0.25, 0.3) is 0 Å². The summed E-state index contributed by atoms with van der Waals surface area (Å²) in [5.74, 6) is 0. The maximum Gasteiger partial charge on any atom is 0.178 e. The maximum atomic E-state index is 6.51. The van der Waals surface area contributed by atoms with Gasteiger partial charge in [0.15, 0.2) is 5.65 Å². The van der Waals surface area contributed by atoms with E-state index in [2.05, 4.69) is 64.0 Å². The van der Waals surface area contributed by atoms with Crippen LogP contribution in [0.3, 0.4) is 0 Å². The molecule has 0 N–H and O–H groups in total. The Labute approximate surface area is 186 Å². The lowest BCUT2D eigenvalue weighted by molar-refractivity contribution is 1.30. The number of rotatable bonds is 1. The van der Waals surface area contributed by atoms with Gasteiger partial charge in [0.1, 0.15) is 5.65 Å². The van der Waals surface area contributed by atoms with Crippen LogP contribution in [0.5, 0.6) is 0 Å². The molecule has 7 rings (SSSR count). The molecule has 7 aromatic rings. The fraction of sp³-hybridized carbons (Fsp3) is 0. The molecule has 0 fully saturated rings. The molecule has 0 spiro atoms. The summed E-state index contributed by atoms with van der Waals surface area (Å²) in [6.45, 7) is 0. The van der Waals surface area contributed by atoms with E-state index in [4.69, 9.17) is 16.6 Å². The van der Waals surface area contributed by atoms with Gasteiger partial charge in [-0.2, -0.15) is 0 Å². The first-order chi connectivity index (χ1) is 15.3. The molecule has 4 heterocycles. The van der Waals surface area contributed by atoms with Crippen LogP contribution in [-0.4, -0.2) is 14.4 Å². The van der Waals surface area contributed by atoms with Crippen molar-refractivity contribution in [1.82, 2.24) is 14.4 Å². The Morgan fingerprint density at radius 1 is 0.710 bits per heavy atom. The van der Waals surface area contributed by atoms with Crippen LogP contribution in [0.25, 0.3) is 59.0 Å². The molecule has 4 aromatic heterocycles. The molecule has 0 aliphatic rings. The molecule has 3 nitrogen and oxygen atoms in total. The fourth-order valence-corrected chi connectivity index (χ4v) is 5.80. The number of fused-ring (bicyclic) bond motifs is 8. The highest BCUT2D eigenvalue weighted by molar-refractivity contribution is 7.25. The van der Waals surface area contributed by atoms with E-state index in [0.717, 1.165) is 38.8 Å². The van der Waals surface area contributed by atoms with Gasteiger partial charge in [0, 0.05) is 43.4 Å². The molecular weight excluding hydrogens is 422 g/mol. The molecule has 0 saturated carbocycles. The van der Waals surface area contributed by atoms with Crippen LogP contribution < -0.4 is 0 Å². The van der Waals surface area contributed by atoms with Crippen molar-refractivity contribution in [2.75, 3.05) is 0 Å². The van der Waals surface area contributed by atoms with Gasteiger partial charge in [-0.25, -0.2) is 9.97 Å². The minimum atomic E-state index is 0.702. The number of pyridine rings is 2. The standard InChI is InChI=1S/C26H14ClN3S/c27-20-13-25-29-26-22(30(25)21-7-3-1-6-18(20)21)12-16(14-28-26)15-9-10-24-19(11-15)17-5-2-4-8-23(17)31-24/h1-14H. The third-order valence-corrected chi connectivity index (χ3v) is 7.37. The molecular formula is C26H14ClN3S. The predicted octanol–water partition coefficient (Wildman–Crippen LogP) is 7.72. The summed E-state index contributed by atoms with van der Waals surface area (Å²) in [5.41, 5.74) is 5.77. The lowest BCUT2D eigenvalue weighted by atomic mass is 10.0. The maximum absolute atomic E-state index is 6.51. The molecule has 0 unspecified atom stereocenters. The Balaban J connectivity index is 1.52. The number of imidazole rings is 1. The van der Waals surface area contributed by atoms with Crippen molar-refractivity contribution in [1.29, 1.82) is 0 Å². The van der Waals surface area contributed by atoms with Gasteiger partial charge >= 0.3 is 0 Å². The first-order valence-corrected chi connectivity index (χ1v) is 11.2. The molecule has 0 saturated heterocycles. The highest BCUT2D eigenvalue weighted by Gasteiger charge is 2.13. The SMILES string of the molecule is Clc1cc2nc3ncc(-c4ccc5sc6ccccc6c5c4)cc3n2c2ccccc12. The van der Waals surface area contributed by atoms with Crippen molar-refractivity contribution < 1.29 is 0 Å². The van der Waals surface area contributed by atoms with Gasteiger partial charge in [-0.15, -0.1) is 11.3 Å². The van der Waals surface area contributed by atoms with Crippen molar-refractivity contribution >= 4 is 70.8 Å². The molecule has 31 heavy (non-hydrogen) atoms. The van der Waals surface area contributed by atoms with Crippen molar-refractivity contribution in [2.24, 2.45) is 0 Å². The highest BCUT2D eigenvalue weighted by Crippen LogP contribution is 2.37. The third kappa shape index (κ3) is 2.46. The molecule has 5 heteroatoms. The van der Waals surface area contributed by atoms with Gasteiger partial charge in [0.2, 0.25) is 0 Å². The topological polar surface area (TPSA) is 30.2 Å². The van der Waals surface area contributed by atoms with E-state index < -0.39 is 0 Å². The van der Waals surface area contributed by atoms with Crippen LogP contribution in [0.15, 0.2) is 85.1 Å². The summed E-state index contributed by atoms with van der Waals surface area (Å²) in [5, 5.41) is 4.29. The molecule has 0 aliphatic heterocycles. The number of hydrogen-bond acceptors (Lipinski definition) is 3. The van der Waals surface area contributed by atoms with Crippen molar-refractivity contribution in [3.63, 3.8) is 0 Å². The summed E-state index contributed by atoms with van der Waals surface area (Å²) in [6.07, 6.45) is 1.91. The Bertz CT molecular complexity index is 1810. The lowest BCUT2D eigenvalue weighted by Crippen LogP contribution is -1.90. The Morgan fingerprint density at radius 2 is 1.52 bits per heavy atom. The molecule has 0 bridgehead atoms. The zero-order chi connectivity index (χ0) is 20.5. The van der Waals surface area contributed by atoms with E-state index in [0.29, 0.717) is 5.02 Å². The zero-order valence-corrected chi connectivity index (χ0v) is 17.8. The van der Waals surface area contributed by atoms with E-state index in [1.54, 1.807) is 0 Å². The quantitative estimate of drug-likeness (QED) is 0.264. The van der Waals surface area contributed by atoms with Crippen LogP contribution >= 0.6 is 22.9 Å².